The maximum atomic E-state index is 10.9. The van der Waals surface area contributed by atoms with Crippen LogP contribution in [0.5, 0.6) is 0 Å². The summed E-state index contributed by atoms with van der Waals surface area (Å²) in [6.45, 7) is 6.24. The van der Waals surface area contributed by atoms with E-state index in [2.05, 4.69) is 6.92 Å². The van der Waals surface area contributed by atoms with Gasteiger partial charge in [0, 0.05) is 0 Å². The summed E-state index contributed by atoms with van der Waals surface area (Å²) in [6, 6.07) is 0. The molecular formula is C7H13O-. The Morgan fingerprint density at radius 1 is 0.875 bits per heavy atom. The van der Waals surface area contributed by atoms with E-state index in [-0.39, 0.29) is 6.10 Å². The lowest BCUT2D eigenvalue weighted by atomic mass is 9.65. The van der Waals surface area contributed by atoms with Crippen LogP contribution in [0.25, 0.3) is 0 Å². The van der Waals surface area contributed by atoms with Crippen LogP contribution >= 0.6 is 0 Å². The zero-order valence-corrected chi connectivity index (χ0v) is 5.72. The molecule has 1 aliphatic rings. The van der Waals surface area contributed by atoms with Crippen LogP contribution in [0.3, 0.4) is 0 Å². The van der Waals surface area contributed by atoms with Crippen LogP contribution in [0.1, 0.15) is 20.8 Å². The molecule has 0 aromatic heterocycles. The standard InChI is InChI=1S/C7H13O/c1-4-5(2)7(8)6(4)3/h4-7H,1-3H3/q-1. The minimum Gasteiger partial charge on any atom is -0.852 e. The molecule has 1 saturated carbocycles. The van der Waals surface area contributed by atoms with Crippen LogP contribution in [-0.2, 0) is 0 Å². The van der Waals surface area contributed by atoms with Crippen molar-refractivity contribution >= 4 is 0 Å². The Labute approximate surface area is 50.7 Å². The van der Waals surface area contributed by atoms with Crippen molar-refractivity contribution in [3.8, 4) is 0 Å². The SMILES string of the molecule is CC1C(C)C([O-])C1C. The second-order valence-electron chi connectivity index (χ2n) is 3.04. The highest BCUT2D eigenvalue weighted by Gasteiger charge is 2.33. The maximum absolute atomic E-state index is 10.9. The predicted octanol–water partition coefficient (Wildman–Crippen LogP) is 0.637. The third-order valence-electron chi connectivity index (χ3n) is 2.70. The van der Waals surface area contributed by atoms with Gasteiger partial charge in [-0.05, 0) is 5.92 Å². The monoisotopic (exact) mass is 113 g/mol. The van der Waals surface area contributed by atoms with Gasteiger partial charge >= 0.3 is 0 Å². The van der Waals surface area contributed by atoms with Gasteiger partial charge in [-0.2, -0.15) is 0 Å². The van der Waals surface area contributed by atoms with Gasteiger partial charge in [0.15, 0.2) is 0 Å². The second-order valence-corrected chi connectivity index (χ2v) is 3.04. The quantitative estimate of drug-likeness (QED) is 0.452. The van der Waals surface area contributed by atoms with Gasteiger partial charge in [-0.25, -0.2) is 0 Å². The highest BCUT2D eigenvalue weighted by atomic mass is 16.3. The Bertz CT molecular complexity index is 58.4. The van der Waals surface area contributed by atoms with E-state index in [9.17, 15) is 5.11 Å². The summed E-state index contributed by atoms with van der Waals surface area (Å²) in [7, 11) is 0. The minimum atomic E-state index is -0.273. The topological polar surface area (TPSA) is 23.1 Å². The molecule has 0 heterocycles. The van der Waals surface area contributed by atoms with E-state index in [1.807, 2.05) is 13.8 Å². The first-order chi connectivity index (χ1) is 3.64. The van der Waals surface area contributed by atoms with Crippen molar-refractivity contribution in [1.82, 2.24) is 0 Å². The molecule has 1 fully saturated rings. The molecular weight excluding hydrogens is 100 g/mol. The van der Waals surface area contributed by atoms with Crippen LogP contribution in [0, 0.1) is 17.8 Å². The largest absolute Gasteiger partial charge is 0.852 e. The van der Waals surface area contributed by atoms with Gasteiger partial charge in [0.25, 0.3) is 0 Å². The van der Waals surface area contributed by atoms with Crippen molar-refractivity contribution in [3.63, 3.8) is 0 Å². The van der Waals surface area contributed by atoms with E-state index in [0.29, 0.717) is 17.8 Å². The zero-order valence-electron chi connectivity index (χ0n) is 5.72. The molecule has 1 heteroatoms. The van der Waals surface area contributed by atoms with Gasteiger partial charge in [0.05, 0.1) is 0 Å². The van der Waals surface area contributed by atoms with Gasteiger partial charge in [-0.3, -0.25) is 0 Å². The van der Waals surface area contributed by atoms with Crippen LogP contribution < -0.4 is 5.11 Å². The van der Waals surface area contributed by atoms with Crippen molar-refractivity contribution in [2.24, 2.45) is 17.8 Å². The van der Waals surface area contributed by atoms with Crippen LogP contribution in [0.15, 0.2) is 0 Å². The Morgan fingerprint density at radius 3 is 1.38 bits per heavy atom. The van der Waals surface area contributed by atoms with E-state index in [1.165, 1.54) is 0 Å². The molecule has 0 radical (unpaired) electrons. The molecule has 0 saturated heterocycles. The molecule has 0 aliphatic heterocycles. The van der Waals surface area contributed by atoms with Crippen molar-refractivity contribution in [1.29, 1.82) is 0 Å². The van der Waals surface area contributed by atoms with Gasteiger partial charge in [-0.1, -0.05) is 32.6 Å². The average molecular weight is 113 g/mol. The Kier molecular flexibility index (Phi) is 1.31. The molecule has 1 aliphatic carbocycles. The molecule has 0 amide bonds. The van der Waals surface area contributed by atoms with Crippen LogP contribution in [-0.4, -0.2) is 6.10 Å². The molecule has 0 aromatic carbocycles. The molecule has 1 nitrogen and oxygen atoms in total. The smallest absolute Gasteiger partial charge is 0.0411 e. The van der Waals surface area contributed by atoms with Crippen molar-refractivity contribution in [2.45, 2.75) is 26.9 Å². The molecule has 48 valence electrons. The average Bonchev–Trinajstić information content (AvgIpc) is 1.83. The van der Waals surface area contributed by atoms with E-state index in [4.69, 9.17) is 0 Å². The Hall–Kier alpha value is -0.0400. The van der Waals surface area contributed by atoms with Crippen LogP contribution in [0.2, 0.25) is 0 Å². The number of hydrogen-bond donors (Lipinski definition) is 0. The molecule has 2 atom stereocenters. The third-order valence-corrected chi connectivity index (χ3v) is 2.70. The summed E-state index contributed by atoms with van der Waals surface area (Å²) in [4.78, 5) is 0. The Morgan fingerprint density at radius 2 is 1.25 bits per heavy atom. The molecule has 1 rings (SSSR count). The summed E-state index contributed by atoms with van der Waals surface area (Å²) >= 11 is 0. The molecule has 0 N–H and O–H groups in total. The van der Waals surface area contributed by atoms with Crippen molar-refractivity contribution in [2.75, 3.05) is 0 Å². The molecule has 0 spiro atoms. The lowest BCUT2D eigenvalue weighted by Crippen LogP contribution is -2.54. The summed E-state index contributed by atoms with van der Waals surface area (Å²) in [5.74, 6) is 1.51. The highest BCUT2D eigenvalue weighted by molar-refractivity contribution is 4.88. The maximum Gasteiger partial charge on any atom is -0.0411 e. The van der Waals surface area contributed by atoms with E-state index in [0.717, 1.165) is 0 Å². The van der Waals surface area contributed by atoms with E-state index in [1.54, 1.807) is 0 Å². The van der Waals surface area contributed by atoms with E-state index < -0.39 is 0 Å². The summed E-state index contributed by atoms with van der Waals surface area (Å²) in [5, 5.41) is 10.9. The second kappa shape index (κ2) is 1.73. The van der Waals surface area contributed by atoms with Gasteiger partial charge in [0.1, 0.15) is 0 Å². The number of rotatable bonds is 0. The lowest BCUT2D eigenvalue weighted by Gasteiger charge is -2.53. The summed E-state index contributed by atoms with van der Waals surface area (Å²) in [5.41, 5.74) is 0. The van der Waals surface area contributed by atoms with Gasteiger partial charge < -0.3 is 5.11 Å². The molecule has 8 heavy (non-hydrogen) atoms. The fourth-order valence-corrected chi connectivity index (χ4v) is 1.41. The number of hydrogen-bond acceptors (Lipinski definition) is 1. The van der Waals surface area contributed by atoms with Crippen molar-refractivity contribution in [3.05, 3.63) is 0 Å². The Balaban J connectivity index is 2.42. The summed E-state index contributed by atoms with van der Waals surface area (Å²) < 4.78 is 0. The normalized spacial score (nSPS) is 55.5. The van der Waals surface area contributed by atoms with Crippen LogP contribution in [0.4, 0.5) is 0 Å². The van der Waals surface area contributed by atoms with Gasteiger partial charge in [-0.15, -0.1) is 6.10 Å². The first-order valence-electron chi connectivity index (χ1n) is 3.30. The summed E-state index contributed by atoms with van der Waals surface area (Å²) in [6.07, 6.45) is -0.273. The first kappa shape index (κ1) is 6.09. The van der Waals surface area contributed by atoms with Gasteiger partial charge in [0.2, 0.25) is 0 Å². The lowest BCUT2D eigenvalue weighted by molar-refractivity contribution is -0.477. The third kappa shape index (κ3) is 0.576. The van der Waals surface area contributed by atoms with E-state index >= 15 is 0 Å². The zero-order chi connectivity index (χ0) is 6.31. The minimum absolute atomic E-state index is 0.273. The fourth-order valence-electron chi connectivity index (χ4n) is 1.41. The molecule has 0 bridgehead atoms. The fraction of sp³-hybridized carbons (Fsp3) is 1.00. The molecule has 2 unspecified atom stereocenters. The molecule has 0 aromatic rings. The highest BCUT2D eigenvalue weighted by Crippen LogP contribution is 2.37. The predicted molar refractivity (Wildman–Crippen MR) is 31.3 cm³/mol. The first-order valence-corrected chi connectivity index (χ1v) is 3.30. The van der Waals surface area contributed by atoms with Crippen molar-refractivity contribution < 1.29 is 5.11 Å².